The van der Waals surface area contributed by atoms with E-state index in [1.807, 2.05) is 36.2 Å². The Morgan fingerprint density at radius 2 is 1.90 bits per heavy atom. The molecule has 0 aliphatic rings. The van der Waals surface area contributed by atoms with Gasteiger partial charge in [0.2, 0.25) is 0 Å². The number of methoxy groups -OCH3 is 2. The van der Waals surface area contributed by atoms with Gasteiger partial charge in [-0.15, -0.1) is 0 Å². The van der Waals surface area contributed by atoms with Gasteiger partial charge < -0.3 is 14.4 Å². The average molecular weight is 287 g/mol. The number of aromatic nitrogens is 2. The molecule has 0 fully saturated rings. The maximum Gasteiger partial charge on any atom is 0.358 e. The highest BCUT2D eigenvalue weighted by molar-refractivity contribution is 5.87. The Hall–Kier alpha value is -2.63. The number of ether oxygens (including phenoxy) is 2. The molecule has 110 valence electrons. The quantitative estimate of drug-likeness (QED) is 0.783. The van der Waals surface area contributed by atoms with E-state index in [0.29, 0.717) is 12.4 Å². The third kappa shape index (κ3) is 3.68. The largest absolute Gasteiger partial charge is 0.497 e. The van der Waals surface area contributed by atoms with Gasteiger partial charge in [-0.1, -0.05) is 12.1 Å². The van der Waals surface area contributed by atoms with Gasteiger partial charge in [-0.25, -0.2) is 9.78 Å². The SMILES string of the molecule is COC(=O)c1cncc(N(C)Cc2ccc(OC)cc2)n1. The maximum atomic E-state index is 11.5. The number of carbonyl (C=O) groups excluding carboxylic acids is 1. The lowest BCUT2D eigenvalue weighted by Crippen LogP contribution is -2.19. The van der Waals surface area contributed by atoms with Gasteiger partial charge in [-0.3, -0.25) is 4.98 Å². The van der Waals surface area contributed by atoms with E-state index in [4.69, 9.17) is 4.74 Å². The predicted molar refractivity (Wildman–Crippen MR) is 78.5 cm³/mol. The van der Waals surface area contributed by atoms with Gasteiger partial charge in [0, 0.05) is 13.6 Å². The second kappa shape index (κ2) is 6.69. The van der Waals surface area contributed by atoms with Crippen molar-refractivity contribution in [2.75, 3.05) is 26.2 Å². The van der Waals surface area contributed by atoms with Crippen LogP contribution < -0.4 is 9.64 Å². The van der Waals surface area contributed by atoms with Crippen LogP contribution in [0.15, 0.2) is 36.7 Å². The molecule has 0 aliphatic carbocycles. The fourth-order valence-electron chi connectivity index (χ4n) is 1.83. The highest BCUT2D eigenvalue weighted by Gasteiger charge is 2.11. The first kappa shape index (κ1) is 14.8. The van der Waals surface area contributed by atoms with Crippen LogP contribution >= 0.6 is 0 Å². The first-order valence-corrected chi connectivity index (χ1v) is 6.38. The molecule has 0 atom stereocenters. The third-order valence-electron chi connectivity index (χ3n) is 2.99. The topological polar surface area (TPSA) is 64.5 Å². The average Bonchev–Trinajstić information content (AvgIpc) is 2.55. The highest BCUT2D eigenvalue weighted by atomic mass is 16.5. The van der Waals surface area contributed by atoms with Crippen LogP contribution in [0.25, 0.3) is 0 Å². The summed E-state index contributed by atoms with van der Waals surface area (Å²) in [7, 11) is 4.84. The van der Waals surface area contributed by atoms with Crippen molar-refractivity contribution < 1.29 is 14.3 Å². The number of anilines is 1. The van der Waals surface area contributed by atoms with Crippen molar-refractivity contribution in [2.45, 2.75) is 6.54 Å². The molecule has 0 radical (unpaired) electrons. The number of nitrogens with zero attached hydrogens (tertiary/aromatic N) is 3. The summed E-state index contributed by atoms with van der Waals surface area (Å²) in [6, 6.07) is 7.76. The summed E-state index contributed by atoms with van der Waals surface area (Å²) < 4.78 is 9.77. The van der Waals surface area contributed by atoms with Crippen molar-refractivity contribution >= 4 is 11.8 Å². The Morgan fingerprint density at radius 3 is 2.52 bits per heavy atom. The molecule has 0 saturated carbocycles. The van der Waals surface area contributed by atoms with Crippen molar-refractivity contribution in [1.82, 2.24) is 9.97 Å². The third-order valence-corrected chi connectivity index (χ3v) is 2.99. The molecule has 0 aliphatic heterocycles. The van der Waals surface area contributed by atoms with Crippen LogP contribution in [0, 0.1) is 0 Å². The van der Waals surface area contributed by atoms with Crippen molar-refractivity contribution in [1.29, 1.82) is 0 Å². The summed E-state index contributed by atoms with van der Waals surface area (Å²) in [5.41, 5.74) is 1.29. The zero-order valence-electron chi connectivity index (χ0n) is 12.2. The van der Waals surface area contributed by atoms with E-state index < -0.39 is 5.97 Å². The Balaban J connectivity index is 2.12. The smallest absolute Gasteiger partial charge is 0.358 e. The molecule has 6 heteroatoms. The normalized spacial score (nSPS) is 10.0. The van der Waals surface area contributed by atoms with Crippen LogP contribution in [0.3, 0.4) is 0 Å². The number of benzene rings is 1. The van der Waals surface area contributed by atoms with Crippen LogP contribution in [-0.4, -0.2) is 37.2 Å². The number of esters is 1. The minimum absolute atomic E-state index is 0.191. The van der Waals surface area contributed by atoms with Gasteiger partial charge in [0.05, 0.1) is 26.6 Å². The van der Waals surface area contributed by atoms with Gasteiger partial charge in [-0.2, -0.15) is 0 Å². The number of carbonyl (C=O) groups is 1. The van der Waals surface area contributed by atoms with Crippen LogP contribution in [0.2, 0.25) is 0 Å². The molecular formula is C15H17N3O3. The van der Waals surface area contributed by atoms with Gasteiger partial charge in [-0.05, 0) is 17.7 Å². The van der Waals surface area contributed by atoms with Crippen LogP contribution in [0.4, 0.5) is 5.82 Å². The van der Waals surface area contributed by atoms with E-state index in [0.717, 1.165) is 11.3 Å². The first-order chi connectivity index (χ1) is 10.1. The summed E-state index contributed by atoms with van der Waals surface area (Å²) in [5.74, 6) is 0.921. The summed E-state index contributed by atoms with van der Waals surface area (Å²) >= 11 is 0. The van der Waals surface area contributed by atoms with Crippen molar-refractivity contribution in [3.05, 3.63) is 47.9 Å². The lowest BCUT2D eigenvalue weighted by atomic mass is 10.2. The van der Waals surface area contributed by atoms with Gasteiger partial charge >= 0.3 is 5.97 Å². The zero-order valence-corrected chi connectivity index (χ0v) is 12.2. The Labute approximate surface area is 123 Å². The van der Waals surface area contributed by atoms with E-state index in [1.54, 1.807) is 13.3 Å². The predicted octanol–water partition coefficient (Wildman–Crippen LogP) is 1.91. The molecule has 1 aromatic carbocycles. The Kier molecular flexibility index (Phi) is 4.71. The van der Waals surface area contributed by atoms with E-state index in [1.165, 1.54) is 13.3 Å². The molecule has 0 saturated heterocycles. The molecule has 0 bridgehead atoms. The van der Waals surface area contributed by atoms with Crippen LogP contribution in [0.5, 0.6) is 5.75 Å². The number of rotatable bonds is 5. The van der Waals surface area contributed by atoms with E-state index in [9.17, 15) is 4.79 Å². The van der Waals surface area contributed by atoms with Gasteiger partial charge in [0.15, 0.2) is 5.69 Å². The summed E-state index contributed by atoms with van der Waals surface area (Å²) in [6.45, 7) is 0.642. The second-order valence-electron chi connectivity index (χ2n) is 4.46. The van der Waals surface area contributed by atoms with Crippen LogP contribution in [-0.2, 0) is 11.3 Å². The highest BCUT2D eigenvalue weighted by Crippen LogP contribution is 2.15. The molecule has 0 spiro atoms. The molecule has 0 N–H and O–H groups in total. The molecule has 2 aromatic rings. The van der Waals surface area contributed by atoms with E-state index >= 15 is 0 Å². The lowest BCUT2D eigenvalue weighted by Gasteiger charge is -2.18. The minimum Gasteiger partial charge on any atom is -0.497 e. The Morgan fingerprint density at radius 1 is 1.19 bits per heavy atom. The fraction of sp³-hybridized carbons (Fsp3) is 0.267. The molecule has 0 unspecified atom stereocenters. The van der Waals surface area contributed by atoms with Crippen molar-refractivity contribution in [3.63, 3.8) is 0 Å². The zero-order chi connectivity index (χ0) is 15.2. The van der Waals surface area contributed by atoms with Crippen molar-refractivity contribution in [3.8, 4) is 5.75 Å². The van der Waals surface area contributed by atoms with Crippen molar-refractivity contribution in [2.24, 2.45) is 0 Å². The summed E-state index contributed by atoms with van der Waals surface area (Å²) in [5, 5.41) is 0. The lowest BCUT2D eigenvalue weighted by molar-refractivity contribution is 0.0593. The van der Waals surface area contributed by atoms with E-state index in [-0.39, 0.29) is 5.69 Å². The molecular weight excluding hydrogens is 270 g/mol. The minimum atomic E-state index is -0.498. The number of hydrogen-bond acceptors (Lipinski definition) is 6. The second-order valence-corrected chi connectivity index (χ2v) is 4.46. The molecule has 2 rings (SSSR count). The standard InChI is InChI=1S/C15H17N3O3/c1-18(10-11-4-6-12(20-2)7-5-11)14-9-16-8-13(17-14)15(19)21-3/h4-9H,10H2,1-3H3. The monoisotopic (exact) mass is 287 g/mol. The molecule has 1 heterocycles. The first-order valence-electron chi connectivity index (χ1n) is 6.38. The molecule has 0 amide bonds. The Bertz CT molecular complexity index is 614. The summed E-state index contributed by atoms with van der Waals surface area (Å²) in [6.07, 6.45) is 2.99. The molecule has 1 aromatic heterocycles. The van der Waals surface area contributed by atoms with Crippen LogP contribution in [0.1, 0.15) is 16.1 Å². The molecule has 6 nitrogen and oxygen atoms in total. The summed E-state index contributed by atoms with van der Waals surface area (Å²) in [4.78, 5) is 21.6. The van der Waals surface area contributed by atoms with Gasteiger partial charge in [0.25, 0.3) is 0 Å². The maximum absolute atomic E-state index is 11.5. The number of hydrogen-bond donors (Lipinski definition) is 0. The van der Waals surface area contributed by atoms with E-state index in [2.05, 4.69) is 14.7 Å². The fourth-order valence-corrected chi connectivity index (χ4v) is 1.83. The molecule has 21 heavy (non-hydrogen) atoms. The van der Waals surface area contributed by atoms with Gasteiger partial charge in [0.1, 0.15) is 11.6 Å².